The summed E-state index contributed by atoms with van der Waals surface area (Å²) in [5.74, 6) is -0.741. The van der Waals surface area contributed by atoms with Gasteiger partial charge in [0.25, 0.3) is 0 Å². The molecule has 0 radical (unpaired) electrons. The van der Waals surface area contributed by atoms with Gasteiger partial charge in [0.2, 0.25) is 0 Å². The van der Waals surface area contributed by atoms with Gasteiger partial charge >= 0.3 is 5.97 Å². The molecule has 3 heteroatoms. The van der Waals surface area contributed by atoms with Crippen LogP contribution in [0.5, 0.6) is 0 Å². The van der Waals surface area contributed by atoms with Crippen LogP contribution in [0.4, 0.5) is 0 Å². The number of hydrogen-bond acceptors (Lipinski definition) is 2. The highest BCUT2D eigenvalue weighted by molar-refractivity contribution is 5.81. The van der Waals surface area contributed by atoms with E-state index in [4.69, 9.17) is 9.52 Å². The summed E-state index contributed by atoms with van der Waals surface area (Å²) in [6.45, 7) is 2.01. The van der Waals surface area contributed by atoms with Gasteiger partial charge < -0.3 is 9.52 Å². The van der Waals surface area contributed by atoms with Crippen LogP contribution in [0, 0.1) is 6.92 Å². The average molecular weight is 218 g/mol. The van der Waals surface area contributed by atoms with Crippen LogP contribution in [0.3, 0.4) is 0 Å². The molecule has 1 heterocycles. The largest absolute Gasteiger partial charge is 0.481 e. The summed E-state index contributed by atoms with van der Waals surface area (Å²) in [4.78, 5) is 10.4. The lowest BCUT2D eigenvalue weighted by Gasteiger charge is -1.99. The fourth-order valence-corrected chi connectivity index (χ4v) is 1.80. The maximum atomic E-state index is 10.4. The predicted molar refractivity (Wildman–Crippen MR) is 61.5 cm³/mol. The molecular formula is C13H14O3. The SMILES string of the molecule is Cc1coc2cc(CCCC(=O)O)ccc12. The molecule has 0 aliphatic heterocycles. The predicted octanol–water partition coefficient (Wildman–Crippen LogP) is 3.15. The normalized spacial score (nSPS) is 10.8. The Morgan fingerprint density at radius 2 is 2.25 bits per heavy atom. The first kappa shape index (κ1) is 10.7. The molecule has 2 aromatic rings. The summed E-state index contributed by atoms with van der Waals surface area (Å²) in [6, 6.07) is 6.06. The second-order valence-corrected chi connectivity index (χ2v) is 4.00. The Hall–Kier alpha value is -1.77. The number of hydrogen-bond donors (Lipinski definition) is 1. The first-order chi connectivity index (χ1) is 7.66. The minimum absolute atomic E-state index is 0.217. The van der Waals surface area contributed by atoms with Gasteiger partial charge in [-0.25, -0.2) is 0 Å². The molecule has 3 nitrogen and oxygen atoms in total. The fraction of sp³-hybridized carbons (Fsp3) is 0.308. The number of aliphatic carboxylic acids is 1. The molecule has 0 aliphatic rings. The van der Waals surface area contributed by atoms with Crippen molar-refractivity contribution in [2.24, 2.45) is 0 Å². The van der Waals surface area contributed by atoms with E-state index in [1.807, 2.05) is 25.1 Å². The smallest absolute Gasteiger partial charge is 0.303 e. The van der Waals surface area contributed by atoms with E-state index in [9.17, 15) is 4.79 Å². The number of carbonyl (C=O) groups is 1. The van der Waals surface area contributed by atoms with Crippen molar-refractivity contribution >= 4 is 16.9 Å². The van der Waals surface area contributed by atoms with Crippen molar-refractivity contribution in [2.45, 2.75) is 26.2 Å². The molecule has 0 unspecified atom stereocenters. The molecule has 0 aliphatic carbocycles. The van der Waals surface area contributed by atoms with E-state index < -0.39 is 5.97 Å². The molecule has 0 fully saturated rings. The van der Waals surface area contributed by atoms with E-state index in [2.05, 4.69) is 0 Å². The van der Waals surface area contributed by atoms with E-state index in [1.165, 1.54) is 0 Å². The number of furan rings is 1. The van der Waals surface area contributed by atoms with Crippen molar-refractivity contribution in [2.75, 3.05) is 0 Å². The average Bonchev–Trinajstić information content (AvgIpc) is 2.60. The van der Waals surface area contributed by atoms with Gasteiger partial charge in [-0.3, -0.25) is 4.79 Å². The van der Waals surface area contributed by atoms with Crippen molar-refractivity contribution in [3.8, 4) is 0 Å². The van der Waals surface area contributed by atoms with Gasteiger partial charge in [-0.15, -0.1) is 0 Å². The van der Waals surface area contributed by atoms with Crippen molar-refractivity contribution in [1.82, 2.24) is 0 Å². The number of fused-ring (bicyclic) bond motifs is 1. The van der Waals surface area contributed by atoms with Gasteiger partial charge in [0.05, 0.1) is 6.26 Å². The molecular weight excluding hydrogens is 204 g/mol. The van der Waals surface area contributed by atoms with Gasteiger partial charge in [-0.2, -0.15) is 0 Å². The van der Waals surface area contributed by atoms with Crippen LogP contribution in [0.15, 0.2) is 28.9 Å². The zero-order valence-electron chi connectivity index (χ0n) is 9.19. The molecule has 84 valence electrons. The number of carboxylic acid groups (broad SMARTS) is 1. The van der Waals surface area contributed by atoms with Gasteiger partial charge in [-0.1, -0.05) is 12.1 Å². The quantitative estimate of drug-likeness (QED) is 0.857. The van der Waals surface area contributed by atoms with E-state index in [1.54, 1.807) is 6.26 Å². The molecule has 0 bridgehead atoms. The van der Waals surface area contributed by atoms with Crippen LogP contribution >= 0.6 is 0 Å². The minimum Gasteiger partial charge on any atom is -0.481 e. The lowest BCUT2D eigenvalue weighted by molar-refractivity contribution is -0.137. The first-order valence-corrected chi connectivity index (χ1v) is 5.35. The highest BCUT2D eigenvalue weighted by Gasteiger charge is 2.03. The molecule has 1 N–H and O–H groups in total. The Kier molecular flexibility index (Phi) is 2.95. The second-order valence-electron chi connectivity index (χ2n) is 4.00. The molecule has 0 spiro atoms. The van der Waals surface area contributed by atoms with Crippen LogP contribution in [0.1, 0.15) is 24.0 Å². The van der Waals surface area contributed by atoms with Gasteiger partial charge in [-0.05, 0) is 37.0 Å². The summed E-state index contributed by atoms with van der Waals surface area (Å²) in [5.41, 5.74) is 3.14. The summed E-state index contributed by atoms with van der Waals surface area (Å²) >= 11 is 0. The summed E-state index contributed by atoms with van der Waals surface area (Å²) in [6.07, 6.45) is 3.41. The third-order valence-corrected chi connectivity index (χ3v) is 2.69. The van der Waals surface area contributed by atoms with Crippen LogP contribution in [0.25, 0.3) is 11.0 Å². The number of benzene rings is 1. The number of carboxylic acids is 1. The van der Waals surface area contributed by atoms with Crippen molar-refractivity contribution in [3.05, 3.63) is 35.6 Å². The summed E-state index contributed by atoms with van der Waals surface area (Å²) in [5, 5.41) is 9.67. The highest BCUT2D eigenvalue weighted by atomic mass is 16.4. The summed E-state index contributed by atoms with van der Waals surface area (Å²) in [7, 11) is 0. The Morgan fingerprint density at radius 3 is 3.00 bits per heavy atom. The van der Waals surface area contributed by atoms with E-state index in [-0.39, 0.29) is 6.42 Å². The second kappa shape index (κ2) is 4.39. The molecule has 16 heavy (non-hydrogen) atoms. The van der Waals surface area contributed by atoms with Crippen LogP contribution in [0.2, 0.25) is 0 Å². The van der Waals surface area contributed by atoms with Crippen molar-refractivity contribution in [1.29, 1.82) is 0 Å². The molecule has 2 rings (SSSR count). The lowest BCUT2D eigenvalue weighted by atomic mass is 10.1. The van der Waals surface area contributed by atoms with Crippen molar-refractivity contribution < 1.29 is 14.3 Å². The van der Waals surface area contributed by atoms with Crippen LogP contribution in [-0.4, -0.2) is 11.1 Å². The number of rotatable bonds is 4. The van der Waals surface area contributed by atoms with E-state index in [0.29, 0.717) is 6.42 Å². The van der Waals surface area contributed by atoms with E-state index in [0.717, 1.165) is 28.5 Å². The zero-order chi connectivity index (χ0) is 11.5. The van der Waals surface area contributed by atoms with Crippen LogP contribution in [-0.2, 0) is 11.2 Å². The third kappa shape index (κ3) is 2.24. The Bertz CT molecular complexity index is 511. The summed E-state index contributed by atoms with van der Waals surface area (Å²) < 4.78 is 5.40. The lowest BCUT2D eigenvalue weighted by Crippen LogP contribution is -1.95. The molecule has 0 saturated heterocycles. The van der Waals surface area contributed by atoms with Gasteiger partial charge in [0.1, 0.15) is 5.58 Å². The fourth-order valence-electron chi connectivity index (χ4n) is 1.80. The molecule has 1 aromatic carbocycles. The number of aryl methyl sites for hydroxylation is 2. The molecule has 0 amide bonds. The zero-order valence-corrected chi connectivity index (χ0v) is 9.19. The maximum absolute atomic E-state index is 10.4. The standard InChI is InChI=1S/C13H14O3/c1-9-8-16-12-7-10(5-6-11(9)12)3-2-4-13(14)15/h5-8H,2-4H2,1H3,(H,14,15). The first-order valence-electron chi connectivity index (χ1n) is 5.35. The Morgan fingerprint density at radius 1 is 1.44 bits per heavy atom. The third-order valence-electron chi connectivity index (χ3n) is 2.69. The molecule has 0 atom stereocenters. The van der Waals surface area contributed by atoms with E-state index >= 15 is 0 Å². The Labute approximate surface area is 93.7 Å². The van der Waals surface area contributed by atoms with Crippen LogP contribution < -0.4 is 0 Å². The molecule has 1 aromatic heterocycles. The molecule has 0 saturated carbocycles. The monoisotopic (exact) mass is 218 g/mol. The van der Waals surface area contributed by atoms with Gasteiger partial charge in [0, 0.05) is 11.8 Å². The topological polar surface area (TPSA) is 50.4 Å². The minimum atomic E-state index is -0.741. The maximum Gasteiger partial charge on any atom is 0.303 e. The van der Waals surface area contributed by atoms with Gasteiger partial charge in [0.15, 0.2) is 0 Å². The van der Waals surface area contributed by atoms with Crippen molar-refractivity contribution in [3.63, 3.8) is 0 Å². The Balaban J connectivity index is 2.11. The highest BCUT2D eigenvalue weighted by Crippen LogP contribution is 2.22.